The summed E-state index contributed by atoms with van der Waals surface area (Å²) in [6.45, 7) is 6.17. The highest BCUT2D eigenvalue weighted by atomic mass is 32.2. The molecule has 0 bridgehead atoms. The molecule has 0 aliphatic heterocycles. The third-order valence-electron chi connectivity index (χ3n) is 6.34. The Balaban J connectivity index is 1.27. The van der Waals surface area contributed by atoms with Crippen LogP contribution in [0, 0.1) is 0 Å². The smallest absolute Gasteiger partial charge is 0.340 e. The number of benzene rings is 3. The summed E-state index contributed by atoms with van der Waals surface area (Å²) in [6.07, 6.45) is -2.91. The standard InChI is InChI=1S/C30H26F3N5O3S/c1-29(2,3)21-8-14-25(15-9-21)42(39,40)38-24-10-4-19(5-11-24)28-36-27(37-41-28)20-16-17-34-26(18-20)35-23-12-6-22(7-13-23)30(31,32)33/h4-18,38H,1-3H3,(H,34,35). The third-order valence-corrected chi connectivity index (χ3v) is 7.74. The first-order valence-corrected chi connectivity index (χ1v) is 14.2. The number of alkyl halides is 3. The average molecular weight is 594 g/mol. The molecule has 2 heterocycles. The molecule has 0 aliphatic rings. The van der Waals surface area contributed by atoms with E-state index in [2.05, 4.69) is 45.9 Å². The Hall–Kier alpha value is -4.71. The molecule has 42 heavy (non-hydrogen) atoms. The molecule has 5 rings (SSSR count). The van der Waals surface area contributed by atoms with E-state index in [1.165, 1.54) is 18.3 Å². The van der Waals surface area contributed by atoms with Crippen LogP contribution in [-0.4, -0.2) is 23.5 Å². The molecule has 0 fully saturated rings. The van der Waals surface area contributed by atoms with Crippen molar-refractivity contribution in [2.45, 2.75) is 37.3 Å². The van der Waals surface area contributed by atoms with Gasteiger partial charge < -0.3 is 9.84 Å². The number of pyridine rings is 1. The van der Waals surface area contributed by atoms with Crippen molar-refractivity contribution in [1.82, 2.24) is 15.1 Å². The summed E-state index contributed by atoms with van der Waals surface area (Å²) in [6, 6.07) is 21.2. The van der Waals surface area contributed by atoms with E-state index in [0.717, 1.165) is 17.7 Å². The van der Waals surface area contributed by atoms with Gasteiger partial charge in [-0.15, -0.1) is 0 Å². The van der Waals surface area contributed by atoms with Crippen LogP contribution in [0.1, 0.15) is 31.9 Å². The zero-order valence-corrected chi connectivity index (χ0v) is 23.6. The molecule has 5 aromatic rings. The number of nitrogens with zero attached hydrogens (tertiary/aromatic N) is 3. The highest BCUT2D eigenvalue weighted by Crippen LogP contribution is 2.31. The van der Waals surface area contributed by atoms with Crippen LogP contribution in [0.15, 0.2) is 101 Å². The fraction of sp³-hybridized carbons (Fsp3) is 0.167. The maximum absolute atomic E-state index is 12.9. The largest absolute Gasteiger partial charge is 0.416 e. The van der Waals surface area contributed by atoms with Crippen LogP contribution in [0.5, 0.6) is 0 Å². The highest BCUT2D eigenvalue weighted by molar-refractivity contribution is 7.92. The van der Waals surface area contributed by atoms with E-state index in [9.17, 15) is 21.6 Å². The minimum atomic E-state index is -4.42. The summed E-state index contributed by atoms with van der Waals surface area (Å²) >= 11 is 0. The minimum absolute atomic E-state index is 0.0911. The van der Waals surface area contributed by atoms with Gasteiger partial charge in [0.15, 0.2) is 0 Å². The van der Waals surface area contributed by atoms with Gasteiger partial charge in [0.2, 0.25) is 5.82 Å². The first kappa shape index (κ1) is 28.8. The predicted octanol–water partition coefficient (Wildman–Crippen LogP) is 7.66. The maximum Gasteiger partial charge on any atom is 0.416 e. The summed E-state index contributed by atoms with van der Waals surface area (Å²) in [7, 11) is -3.78. The Morgan fingerprint density at radius 3 is 2.00 bits per heavy atom. The van der Waals surface area contributed by atoms with Crippen molar-refractivity contribution < 1.29 is 26.1 Å². The maximum atomic E-state index is 12.9. The molecular weight excluding hydrogens is 567 g/mol. The van der Waals surface area contributed by atoms with E-state index >= 15 is 0 Å². The molecule has 8 nitrogen and oxygen atoms in total. The fourth-order valence-electron chi connectivity index (χ4n) is 4.02. The zero-order valence-electron chi connectivity index (χ0n) is 22.8. The van der Waals surface area contributed by atoms with Gasteiger partial charge in [0.25, 0.3) is 15.9 Å². The van der Waals surface area contributed by atoms with E-state index < -0.39 is 21.8 Å². The Morgan fingerprint density at radius 2 is 1.38 bits per heavy atom. The Labute approximate surface area is 240 Å². The van der Waals surface area contributed by atoms with E-state index in [4.69, 9.17) is 4.52 Å². The van der Waals surface area contributed by atoms with E-state index in [1.54, 1.807) is 60.7 Å². The molecule has 0 radical (unpaired) electrons. The van der Waals surface area contributed by atoms with Crippen LogP contribution in [0.25, 0.3) is 22.8 Å². The molecule has 2 N–H and O–H groups in total. The molecular formula is C30H26F3N5O3S. The van der Waals surface area contributed by atoms with Crippen molar-refractivity contribution in [3.8, 4) is 22.8 Å². The summed E-state index contributed by atoms with van der Waals surface area (Å²) in [5.41, 5.74) is 2.13. The van der Waals surface area contributed by atoms with Gasteiger partial charge in [-0.2, -0.15) is 18.2 Å². The van der Waals surface area contributed by atoms with Gasteiger partial charge in [-0.3, -0.25) is 4.72 Å². The van der Waals surface area contributed by atoms with Crippen molar-refractivity contribution >= 4 is 27.2 Å². The van der Waals surface area contributed by atoms with Crippen LogP contribution in [0.4, 0.5) is 30.4 Å². The van der Waals surface area contributed by atoms with Gasteiger partial charge in [-0.05, 0) is 83.8 Å². The van der Waals surface area contributed by atoms with Crippen molar-refractivity contribution in [2.75, 3.05) is 10.0 Å². The van der Waals surface area contributed by atoms with Gasteiger partial charge in [0, 0.05) is 28.7 Å². The Kier molecular flexibility index (Phi) is 7.50. The lowest BCUT2D eigenvalue weighted by Crippen LogP contribution is -2.14. The molecule has 216 valence electrons. The molecule has 0 atom stereocenters. The number of anilines is 3. The fourth-order valence-corrected chi connectivity index (χ4v) is 5.07. The van der Waals surface area contributed by atoms with Crippen LogP contribution in [0.2, 0.25) is 0 Å². The minimum Gasteiger partial charge on any atom is -0.340 e. The second kappa shape index (κ2) is 10.9. The summed E-state index contributed by atoms with van der Waals surface area (Å²) in [5.74, 6) is 0.862. The van der Waals surface area contributed by atoms with Crippen LogP contribution >= 0.6 is 0 Å². The van der Waals surface area contributed by atoms with E-state index in [1.807, 2.05) is 0 Å². The van der Waals surface area contributed by atoms with Crippen molar-refractivity contribution in [2.24, 2.45) is 0 Å². The van der Waals surface area contributed by atoms with Crippen LogP contribution < -0.4 is 10.0 Å². The lowest BCUT2D eigenvalue weighted by molar-refractivity contribution is -0.137. The number of aromatic nitrogens is 3. The molecule has 12 heteroatoms. The second-order valence-electron chi connectivity index (χ2n) is 10.5. The molecule has 3 aromatic carbocycles. The Bertz CT molecular complexity index is 1800. The quantitative estimate of drug-likeness (QED) is 0.199. The number of halogens is 3. The number of sulfonamides is 1. The third kappa shape index (κ3) is 6.60. The molecule has 0 amide bonds. The number of nitrogens with one attached hydrogen (secondary N) is 2. The second-order valence-corrected chi connectivity index (χ2v) is 12.2. The number of rotatable bonds is 7. The molecule has 2 aromatic heterocycles. The van der Waals surface area contributed by atoms with Gasteiger partial charge in [0.05, 0.1) is 10.5 Å². The summed E-state index contributed by atoms with van der Waals surface area (Å²) in [5, 5.41) is 6.97. The summed E-state index contributed by atoms with van der Waals surface area (Å²) in [4.78, 5) is 8.77. The van der Waals surface area contributed by atoms with E-state index in [-0.39, 0.29) is 22.0 Å². The van der Waals surface area contributed by atoms with Crippen molar-refractivity contribution in [3.63, 3.8) is 0 Å². The van der Waals surface area contributed by atoms with Gasteiger partial charge >= 0.3 is 6.18 Å². The SMILES string of the molecule is CC(C)(C)c1ccc(S(=O)(=O)Nc2ccc(-c3nc(-c4ccnc(Nc5ccc(C(F)(F)F)cc5)c4)no3)cc2)cc1. The topological polar surface area (TPSA) is 110 Å². The molecule has 0 unspecified atom stereocenters. The lowest BCUT2D eigenvalue weighted by atomic mass is 9.87. The molecule has 0 saturated heterocycles. The van der Waals surface area contributed by atoms with E-state index in [0.29, 0.717) is 28.3 Å². The highest BCUT2D eigenvalue weighted by Gasteiger charge is 2.30. The number of hydrogen-bond donors (Lipinski definition) is 2. The average Bonchev–Trinajstić information content (AvgIpc) is 3.43. The molecule has 0 aliphatic carbocycles. The molecule has 0 spiro atoms. The van der Waals surface area contributed by atoms with Crippen LogP contribution in [-0.2, 0) is 21.6 Å². The van der Waals surface area contributed by atoms with Crippen molar-refractivity contribution in [1.29, 1.82) is 0 Å². The normalized spacial score (nSPS) is 12.2. The number of hydrogen-bond acceptors (Lipinski definition) is 7. The molecule has 0 saturated carbocycles. The first-order valence-electron chi connectivity index (χ1n) is 12.8. The first-order chi connectivity index (χ1) is 19.8. The zero-order chi connectivity index (χ0) is 30.1. The van der Waals surface area contributed by atoms with Gasteiger partial charge in [0.1, 0.15) is 5.82 Å². The van der Waals surface area contributed by atoms with Gasteiger partial charge in [-0.1, -0.05) is 38.1 Å². The van der Waals surface area contributed by atoms with Gasteiger partial charge in [-0.25, -0.2) is 13.4 Å². The van der Waals surface area contributed by atoms with Crippen molar-refractivity contribution in [3.05, 3.63) is 102 Å². The summed E-state index contributed by atoms with van der Waals surface area (Å²) < 4.78 is 72.2. The lowest BCUT2D eigenvalue weighted by Gasteiger charge is -2.19. The van der Waals surface area contributed by atoms with Crippen LogP contribution in [0.3, 0.4) is 0 Å². The monoisotopic (exact) mass is 593 g/mol. The Morgan fingerprint density at radius 1 is 0.762 bits per heavy atom. The predicted molar refractivity (Wildman–Crippen MR) is 154 cm³/mol.